The molecule has 0 aromatic carbocycles. The Hall–Kier alpha value is -4.18. The van der Waals surface area contributed by atoms with Crippen LogP contribution in [-0.4, -0.2) is 60.4 Å². The summed E-state index contributed by atoms with van der Waals surface area (Å²) in [5.41, 5.74) is 13.6. The topological polar surface area (TPSA) is 202 Å². The molecule has 0 unspecified atom stereocenters. The number of carboxylic acid groups (broad SMARTS) is 1. The van der Waals surface area contributed by atoms with Crippen molar-refractivity contribution in [3.63, 3.8) is 0 Å². The Morgan fingerprint density at radius 2 is 1.97 bits per heavy atom. The SMILES string of the molecule is CCn1c(-c2nonc2N)nc2c(-c3ccc(CO)o3)ncc(OCCCN)c21.O=C(O)C(F)(F)F. The lowest BCUT2D eigenvalue weighted by Gasteiger charge is -2.11. The number of anilines is 1. The number of nitrogens with two attached hydrogens (primary N) is 2. The molecule has 4 aromatic heterocycles. The van der Waals surface area contributed by atoms with Crippen molar-refractivity contribution in [2.75, 3.05) is 18.9 Å². The van der Waals surface area contributed by atoms with Gasteiger partial charge in [-0.3, -0.25) is 0 Å². The van der Waals surface area contributed by atoms with Crippen molar-refractivity contribution in [3.05, 3.63) is 24.1 Å². The van der Waals surface area contributed by atoms with E-state index < -0.39 is 12.1 Å². The highest BCUT2D eigenvalue weighted by Crippen LogP contribution is 2.37. The van der Waals surface area contributed by atoms with Crippen LogP contribution < -0.4 is 16.2 Å². The van der Waals surface area contributed by atoms with Crippen LogP contribution >= 0.6 is 0 Å². The minimum Gasteiger partial charge on any atom is -0.490 e. The fourth-order valence-electron chi connectivity index (χ4n) is 3.09. The molecule has 4 aromatic rings. The number of aliphatic hydroxyl groups excluding tert-OH is 1. The molecule has 0 aliphatic heterocycles. The number of fused-ring (bicyclic) bond motifs is 1. The lowest BCUT2D eigenvalue weighted by molar-refractivity contribution is -0.192. The molecule has 0 aliphatic carbocycles. The number of pyridine rings is 1. The van der Waals surface area contributed by atoms with Gasteiger partial charge in [0.05, 0.1) is 12.8 Å². The third kappa shape index (κ3) is 5.55. The number of nitrogens with zero attached hydrogens (tertiary/aromatic N) is 5. The van der Waals surface area contributed by atoms with Crippen molar-refractivity contribution in [2.45, 2.75) is 32.7 Å². The number of hydrogen-bond donors (Lipinski definition) is 4. The Balaban J connectivity index is 0.000000454. The second-order valence-corrected chi connectivity index (χ2v) is 7.06. The number of rotatable bonds is 8. The van der Waals surface area contributed by atoms with Gasteiger partial charge in [0.25, 0.3) is 0 Å². The Morgan fingerprint density at radius 1 is 1.25 bits per heavy atom. The van der Waals surface area contributed by atoms with Crippen molar-refractivity contribution >= 4 is 22.8 Å². The minimum atomic E-state index is -5.08. The second kappa shape index (κ2) is 11.0. The highest BCUT2D eigenvalue weighted by molar-refractivity contribution is 5.95. The number of aromatic nitrogens is 5. The quantitative estimate of drug-likeness (QED) is 0.251. The van der Waals surface area contributed by atoms with E-state index in [0.717, 1.165) is 0 Å². The van der Waals surface area contributed by atoms with Crippen molar-refractivity contribution in [1.82, 2.24) is 24.8 Å². The van der Waals surface area contributed by atoms with Gasteiger partial charge in [0.2, 0.25) is 0 Å². The number of carboxylic acids is 1. The van der Waals surface area contributed by atoms with Crippen molar-refractivity contribution in [2.24, 2.45) is 5.73 Å². The first kappa shape index (κ1) is 26.4. The molecule has 194 valence electrons. The van der Waals surface area contributed by atoms with E-state index in [1.54, 1.807) is 18.3 Å². The molecule has 6 N–H and O–H groups in total. The average Bonchev–Trinajstić information content (AvgIpc) is 3.56. The molecule has 0 bridgehead atoms. The summed E-state index contributed by atoms with van der Waals surface area (Å²) in [6.07, 6.45) is -2.76. The van der Waals surface area contributed by atoms with Crippen LogP contribution in [0.25, 0.3) is 34.0 Å². The van der Waals surface area contributed by atoms with E-state index in [9.17, 15) is 18.3 Å². The predicted molar refractivity (Wildman–Crippen MR) is 117 cm³/mol. The van der Waals surface area contributed by atoms with E-state index in [1.165, 1.54) is 0 Å². The standard InChI is InChI=1S/C18H21N7O4.C2HF3O2/c1-2-25-16-12(27-7-3-6-19)8-21-13(11-5-4-10(9-26)28-11)14(16)22-18(25)15-17(20)24-29-23-15;3-2(4,5)1(6)7/h4-5,8,26H,2-3,6-7,9,19H2,1H3,(H2,20,24);(H,6,7). The highest BCUT2D eigenvalue weighted by atomic mass is 19.4. The van der Waals surface area contributed by atoms with Gasteiger partial charge in [0.1, 0.15) is 29.1 Å². The summed E-state index contributed by atoms with van der Waals surface area (Å²) >= 11 is 0. The van der Waals surface area contributed by atoms with Gasteiger partial charge in [0.15, 0.2) is 28.8 Å². The Bertz CT molecular complexity index is 1330. The van der Waals surface area contributed by atoms with E-state index in [-0.39, 0.29) is 12.4 Å². The van der Waals surface area contributed by atoms with Gasteiger partial charge in [-0.2, -0.15) is 13.2 Å². The number of imidazole rings is 1. The van der Waals surface area contributed by atoms with Gasteiger partial charge in [-0.25, -0.2) is 19.4 Å². The van der Waals surface area contributed by atoms with E-state index in [4.69, 9.17) is 40.1 Å². The molecule has 0 saturated heterocycles. The van der Waals surface area contributed by atoms with Crippen molar-refractivity contribution in [3.8, 4) is 28.7 Å². The van der Waals surface area contributed by atoms with Crippen LogP contribution in [0.4, 0.5) is 19.0 Å². The van der Waals surface area contributed by atoms with Gasteiger partial charge < -0.3 is 35.4 Å². The van der Waals surface area contributed by atoms with E-state index in [2.05, 4.69) is 15.3 Å². The normalized spacial score (nSPS) is 11.4. The maximum atomic E-state index is 10.6. The van der Waals surface area contributed by atoms with E-state index >= 15 is 0 Å². The molecule has 0 radical (unpaired) electrons. The number of halogens is 3. The van der Waals surface area contributed by atoms with Crippen LogP contribution in [0.1, 0.15) is 19.1 Å². The fraction of sp³-hybridized carbons (Fsp3) is 0.350. The van der Waals surface area contributed by atoms with Crippen LogP contribution in [0.5, 0.6) is 5.75 Å². The third-order valence-electron chi connectivity index (χ3n) is 4.68. The Labute approximate surface area is 200 Å². The summed E-state index contributed by atoms with van der Waals surface area (Å²) in [5, 5.41) is 24.0. The van der Waals surface area contributed by atoms with E-state index in [0.29, 0.717) is 71.6 Å². The smallest absolute Gasteiger partial charge is 0.490 e. The predicted octanol–water partition coefficient (Wildman–Crippen LogP) is 2.20. The van der Waals surface area contributed by atoms with Crippen LogP contribution in [-0.2, 0) is 17.9 Å². The number of alkyl halides is 3. The molecule has 36 heavy (non-hydrogen) atoms. The molecule has 4 heterocycles. The molecule has 0 spiro atoms. The summed E-state index contributed by atoms with van der Waals surface area (Å²) in [6, 6.07) is 3.42. The monoisotopic (exact) mass is 513 g/mol. The molecule has 0 saturated carbocycles. The van der Waals surface area contributed by atoms with Gasteiger partial charge >= 0.3 is 12.1 Å². The van der Waals surface area contributed by atoms with Gasteiger partial charge in [-0.15, -0.1) is 0 Å². The zero-order valence-corrected chi connectivity index (χ0v) is 18.8. The van der Waals surface area contributed by atoms with Gasteiger partial charge in [-0.05, 0) is 42.3 Å². The van der Waals surface area contributed by atoms with Crippen LogP contribution in [0, 0.1) is 0 Å². The molecule has 4 rings (SSSR count). The maximum absolute atomic E-state index is 10.6. The number of nitrogen functional groups attached to an aromatic ring is 1. The van der Waals surface area contributed by atoms with Gasteiger partial charge in [0, 0.05) is 6.54 Å². The van der Waals surface area contributed by atoms with Crippen molar-refractivity contribution in [1.29, 1.82) is 0 Å². The number of aryl methyl sites for hydroxylation is 1. The maximum Gasteiger partial charge on any atom is 0.490 e. The molecule has 0 atom stereocenters. The highest BCUT2D eigenvalue weighted by Gasteiger charge is 2.38. The summed E-state index contributed by atoms with van der Waals surface area (Å²) in [6.45, 7) is 3.29. The molecule has 13 nitrogen and oxygen atoms in total. The van der Waals surface area contributed by atoms with Crippen LogP contribution in [0.2, 0.25) is 0 Å². The first-order valence-corrected chi connectivity index (χ1v) is 10.4. The Morgan fingerprint density at radius 3 is 2.50 bits per heavy atom. The first-order chi connectivity index (χ1) is 17.1. The summed E-state index contributed by atoms with van der Waals surface area (Å²) in [4.78, 5) is 18.1. The summed E-state index contributed by atoms with van der Waals surface area (Å²) in [5.74, 6) is -0.678. The number of hydrogen-bond acceptors (Lipinski definition) is 11. The largest absolute Gasteiger partial charge is 0.490 e. The first-order valence-electron chi connectivity index (χ1n) is 10.4. The average molecular weight is 513 g/mol. The van der Waals surface area contributed by atoms with Gasteiger partial charge in [-0.1, -0.05) is 0 Å². The summed E-state index contributed by atoms with van der Waals surface area (Å²) < 4.78 is 50.0. The fourth-order valence-corrected chi connectivity index (χ4v) is 3.09. The van der Waals surface area contributed by atoms with Crippen LogP contribution in [0.15, 0.2) is 27.4 Å². The Kier molecular flexibility index (Phi) is 8.11. The molecule has 0 amide bonds. The summed E-state index contributed by atoms with van der Waals surface area (Å²) in [7, 11) is 0. The number of carbonyl (C=O) groups is 1. The van der Waals surface area contributed by atoms with E-state index in [1.807, 2.05) is 11.5 Å². The third-order valence-corrected chi connectivity index (χ3v) is 4.68. The van der Waals surface area contributed by atoms with Crippen LogP contribution in [0.3, 0.4) is 0 Å². The minimum absolute atomic E-state index is 0.135. The number of aliphatic hydroxyl groups is 1. The lowest BCUT2D eigenvalue weighted by atomic mass is 10.2. The second-order valence-electron chi connectivity index (χ2n) is 7.06. The molecular formula is C20H22F3N7O6. The number of aliphatic carboxylic acids is 1. The number of furan rings is 1. The molecule has 16 heteroatoms. The molecular weight excluding hydrogens is 491 g/mol. The molecule has 0 fully saturated rings. The molecule has 0 aliphatic rings. The lowest BCUT2D eigenvalue weighted by Crippen LogP contribution is -2.21. The van der Waals surface area contributed by atoms with Crippen molar-refractivity contribution < 1.29 is 42.0 Å². The zero-order chi connectivity index (χ0) is 26.5. The zero-order valence-electron chi connectivity index (χ0n) is 18.8. The number of ether oxygens (including phenoxy) is 1.